The molecule has 1 aliphatic rings. The van der Waals surface area contributed by atoms with Crippen LogP contribution in [0.25, 0.3) is 11.1 Å². The van der Waals surface area contributed by atoms with Crippen LogP contribution >= 0.6 is 0 Å². The Morgan fingerprint density at radius 3 is 2.54 bits per heavy atom. The highest BCUT2D eigenvalue weighted by Gasteiger charge is 2.28. The number of hydrogen-bond acceptors (Lipinski definition) is 4. The van der Waals surface area contributed by atoms with Gasteiger partial charge in [-0.2, -0.15) is 0 Å². The Hall–Kier alpha value is -2.12. The van der Waals surface area contributed by atoms with Crippen LogP contribution in [-0.2, 0) is 10.0 Å². The van der Waals surface area contributed by atoms with Crippen LogP contribution in [0.1, 0.15) is 36.7 Å². The van der Waals surface area contributed by atoms with Gasteiger partial charge in [0.15, 0.2) is 5.76 Å². The van der Waals surface area contributed by atoms with Crippen LogP contribution in [0.4, 0.5) is 0 Å². The number of furan rings is 1. The maximum Gasteiger partial charge on any atom is 0.290 e. The largest absolute Gasteiger partial charge is 0.459 e. The lowest BCUT2D eigenvalue weighted by Crippen LogP contribution is -2.47. The maximum atomic E-state index is 12.8. The first-order valence-electron chi connectivity index (χ1n) is 8.92. The van der Waals surface area contributed by atoms with Crippen LogP contribution in [0.2, 0.25) is 0 Å². The summed E-state index contributed by atoms with van der Waals surface area (Å²) in [6, 6.07) is 11.3. The normalized spacial score (nSPS) is 16.0. The van der Waals surface area contributed by atoms with E-state index in [2.05, 4.69) is 4.72 Å². The van der Waals surface area contributed by atoms with E-state index in [9.17, 15) is 13.2 Å². The van der Waals surface area contributed by atoms with Gasteiger partial charge in [0, 0.05) is 24.7 Å². The average molecular weight is 376 g/mol. The van der Waals surface area contributed by atoms with E-state index in [1.165, 1.54) is 6.26 Å². The number of nitrogens with zero attached hydrogens (tertiary/aromatic N) is 1. The summed E-state index contributed by atoms with van der Waals surface area (Å²) in [6.07, 6.45) is 3.33. The van der Waals surface area contributed by atoms with Gasteiger partial charge >= 0.3 is 0 Å². The van der Waals surface area contributed by atoms with E-state index in [0.717, 1.165) is 11.1 Å². The Kier molecular flexibility index (Phi) is 5.78. The molecule has 26 heavy (non-hydrogen) atoms. The predicted molar refractivity (Wildman–Crippen MR) is 100 cm³/mol. The summed E-state index contributed by atoms with van der Waals surface area (Å²) in [5.41, 5.74) is 1.72. The van der Waals surface area contributed by atoms with Crippen molar-refractivity contribution < 1.29 is 17.6 Å². The molecule has 1 fully saturated rings. The third-order valence-electron chi connectivity index (χ3n) is 4.55. The summed E-state index contributed by atoms with van der Waals surface area (Å²) < 4.78 is 32.0. The minimum atomic E-state index is -3.23. The number of benzene rings is 1. The van der Waals surface area contributed by atoms with E-state index in [1.54, 1.807) is 11.0 Å². The van der Waals surface area contributed by atoms with Crippen molar-refractivity contribution in [1.82, 2.24) is 9.62 Å². The molecule has 1 N–H and O–H groups in total. The number of piperidine rings is 1. The standard InChI is InChI=1S/C19H24N2O4S/c1-2-14-26(23,24)20-16-8-11-21(12-9-16)19(22)18-17(10-13-25-18)15-6-4-3-5-7-15/h3-7,10,13,16,20H,2,8-9,11-12,14H2,1H3. The summed E-state index contributed by atoms with van der Waals surface area (Å²) in [5.74, 6) is 0.323. The second kappa shape index (κ2) is 8.05. The fourth-order valence-corrected chi connectivity index (χ4v) is 4.64. The maximum absolute atomic E-state index is 12.8. The molecule has 1 amide bonds. The van der Waals surface area contributed by atoms with Gasteiger partial charge in [-0.05, 0) is 30.9 Å². The second-order valence-corrected chi connectivity index (χ2v) is 8.41. The van der Waals surface area contributed by atoms with Gasteiger partial charge in [-0.1, -0.05) is 37.3 Å². The molecule has 140 valence electrons. The van der Waals surface area contributed by atoms with Crippen molar-refractivity contribution in [2.24, 2.45) is 0 Å². The molecule has 1 aromatic carbocycles. The lowest BCUT2D eigenvalue weighted by atomic mass is 10.0. The third kappa shape index (κ3) is 4.34. The average Bonchev–Trinajstić information content (AvgIpc) is 3.12. The highest BCUT2D eigenvalue weighted by molar-refractivity contribution is 7.89. The van der Waals surface area contributed by atoms with Crippen molar-refractivity contribution in [3.05, 3.63) is 48.4 Å². The van der Waals surface area contributed by atoms with Crippen molar-refractivity contribution in [2.75, 3.05) is 18.8 Å². The Balaban J connectivity index is 1.64. The molecule has 0 bridgehead atoms. The van der Waals surface area contributed by atoms with Crippen molar-refractivity contribution in [3.8, 4) is 11.1 Å². The molecule has 0 atom stereocenters. The summed E-state index contributed by atoms with van der Waals surface area (Å²) in [5, 5.41) is 0. The Labute approximate surface area is 154 Å². The summed E-state index contributed by atoms with van der Waals surface area (Å²) in [4.78, 5) is 14.6. The first-order valence-corrected chi connectivity index (χ1v) is 10.6. The van der Waals surface area contributed by atoms with E-state index in [4.69, 9.17) is 4.42 Å². The van der Waals surface area contributed by atoms with Crippen molar-refractivity contribution in [1.29, 1.82) is 0 Å². The summed E-state index contributed by atoms with van der Waals surface area (Å²) >= 11 is 0. The number of sulfonamides is 1. The quantitative estimate of drug-likeness (QED) is 0.841. The highest BCUT2D eigenvalue weighted by Crippen LogP contribution is 2.26. The fourth-order valence-electron chi connectivity index (χ4n) is 3.25. The first-order chi connectivity index (χ1) is 12.5. The lowest BCUT2D eigenvalue weighted by molar-refractivity contribution is 0.0680. The number of rotatable bonds is 6. The van der Waals surface area contributed by atoms with Crippen molar-refractivity contribution in [2.45, 2.75) is 32.2 Å². The van der Waals surface area contributed by atoms with Crippen molar-refractivity contribution in [3.63, 3.8) is 0 Å². The Morgan fingerprint density at radius 1 is 1.19 bits per heavy atom. The van der Waals surface area contributed by atoms with Crippen LogP contribution in [0.5, 0.6) is 0 Å². The zero-order valence-corrected chi connectivity index (χ0v) is 15.7. The van der Waals surface area contributed by atoms with Gasteiger partial charge in [-0.15, -0.1) is 0 Å². The number of likely N-dealkylation sites (tertiary alicyclic amines) is 1. The highest BCUT2D eigenvalue weighted by atomic mass is 32.2. The van der Waals surface area contributed by atoms with Crippen LogP contribution in [0, 0.1) is 0 Å². The summed E-state index contributed by atoms with van der Waals surface area (Å²) in [7, 11) is -3.23. The van der Waals surface area contributed by atoms with E-state index in [0.29, 0.717) is 38.1 Å². The van der Waals surface area contributed by atoms with Gasteiger partial charge in [0.2, 0.25) is 10.0 Å². The van der Waals surface area contributed by atoms with E-state index in [-0.39, 0.29) is 17.7 Å². The topological polar surface area (TPSA) is 79.6 Å². The molecule has 1 saturated heterocycles. The Morgan fingerprint density at radius 2 is 1.88 bits per heavy atom. The molecule has 0 saturated carbocycles. The van der Waals surface area contributed by atoms with Gasteiger partial charge in [0.25, 0.3) is 5.91 Å². The molecule has 0 radical (unpaired) electrons. The van der Waals surface area contributed by atoms with Gasteiger partial charge in [0.05, 0.1) is 12.0 Å². The van der Waals surface area contributed by atoms with Gasteiger partial charge < -0.3 is 9.32 Å². The zero-order valence-electron chi connectivity index (χ0n) is 14.8. The van der Waals surface area contributed by atoms with Crippen LogP contribution in [-0.4, -0.2) is 44.1 Å². The van der Waals surface area contributed by atoms with Crippen LogP contribution in [0.3, 0.4) is 0 Å². The van der Waals surface area contributed by atoms with Gasteiger partial charge in [-0.25, -0.2) is 13.1 Å². The number of nitrogens with one attached hydrogen (secondary N) is 1. The molecule has 6 nitrogen and oxygen atoms in total. The number of carbonyl (C=O) groups is 1. The molecular formula is C19H24N2O4S. The monoisotopic (exact) mass is 376 g/mol. The molecule has 1 aromatic heterocycles. The molecule has 0 aliphatic carbocycles. The van der Waals surface area contributed by atoms with Crippen molar-refractivity contribution >= 4 is 15.9 Å². The van der Waals surface area contributed by atoms with Gasteiger partial charge in [0.1, 0.15) is 0 Å². The van der Waals surface area contributed by atoms with Crippen LogP contribution < -0.4 is 4.72 Å². The zero-order chi connectivity index (χ0) is 18.6. The molecule has 0 unspecified atom stereocenters. The minimum absolute atomic E-state index is 0.110. The molecule has 0 spiro atoms. The molecular weight excluding hydrogens is 352 g/mol. The predicted octanol–water partition coefficient (Wildman–Crippen LogP) is 2.88. The SMILES string of the molecule is CCCS(=O)(=O)NC1CCN(C(=O)c2occc2-c2ccccc2)CC1. The molecule has 7 heteroatoms. The third-order valence-corrected chi connectivity index (χ3v) is 6.18. The summed E-state index contributed by atoms with van der Waals surface area (Å²) in [6.45, 7) is 2.86. The van der Waals surface area contributed by atoms with Gasteiger partial charge in [-0.3, -0.25) is 4.79 Å². The van der Waals surface area contributed by atoms with E-state index in [1.807, 2.05) is 37.3 Å². The lowest BCUT2D eigenvalue weighted by Gasteiger charge is -2.31. The minimum Gasteiger partial charge on any atom is -0.459 e. The number of amides is 1. The van der Waals surface area contributed by atoms with E-state index >= 15 is 0 Å². The second-order valence-electron chi connectivity index (χ2n) is 6.53. The molecule has 3 rings (SSSR count). The van der Waals surface area contributed by atoms with Crippen LogP contribution in [0.15, 0.2) is 47.1 Å². The van der Waals surface area contributed by atoms with E-state index < -0.39 is 10.0 Å². The fraction of sp³-hybridized carbons (Fsp3) is 0.421. The molecule has 2 heterocycles. The molecule has 2 aromatic rings. The smallest absolute Gasteiger partial charge is 0.290 e. The number of hydrogen-bond donors (Lipinski definition) is 1. The number of carbonyl (C=O) groups excluding carboxylic acids is 1. The Bertz CT molecular complexity index is 837. The first kappa shape index (κ1) is 18.7. The molecule has 1 aliphatic heterocycles.